The standard InChI is InChI=1S/C21H21N5O2S/c1-4-27-19-10-6-5-9-18(19)26-20(16-8-7-11-22-12-16)23-24-21(26)29-13-17-14(2)25-28-15(17)3/h5-12H,4,13H2,1-3H3. The molecule has 7 nitrogen and oxygen atoms in total. The van der Waals surface area contributed by atoms with E-state index in [0.717, 1.165) is 39.2 Å². The fraction of sp³-hybridized carbons (Fsp3) is 0.238. The van der Waals surface area contributed by atoms with Gasteiger partial charge in [0.1, 0.15) is 11.5 Å². The summed E-state index contributed by atoms with van der Waals surface area (Å²) >= 11 is 1.58. The Balaban J connectivity index is 1.79. The molecule has 0 aliphatic carbocycles. The number of aryl methyl sites for hydroxylation is 2. The number of aromatic nitrogens is 5. The third-order valence-electron chi connectivity index (χ3n) is 4.49. The molecular weight excluding hydrogens is 386 g/mol. The van der Waals surface area contributed by atoms with E-state index >= 15 is 0 Å². The van der Waals surface area contributed by atoms with Gasteiger partial charge in [-0.3, -0.25) is 9.55 Å². The molecule has 0 atom stereocenters. The topological polar surface area (TPSA) is 78.9 Å². The number of hydrogen-bond donors (Lipinski definition) is 0. The van der Waals surface area contributed by atoms with E-state index in [1.807, 2.05) is 61.7 Å². The van der Waals surface area contributed by atoms with Gasteiger partial charge in [0, 0.05) is 29.3 Å². The molecule has 0 aliphatic heterocycles. The van der Waals surface area contributed by atoms with Crippen molar-refractivity contribution in [1.82, 2.24) is 24.9 Å². The summed E-state index contributed by atoms with van der Waals surface area (Å²) in [6.45, 7) is 6.41. The van der Waals surface area contributed by atoms with Crippen molar-refractivity contribution in [2.45, 2.75) is 31.7 Å². The first-order valence-corrected chi connectivity index (χ1v) is 10.3. The number of thioether (sulfide) groups is 1. The van der Waals surface area contributed by atoms with E-state index < -0.39 is 0 Å². The van der Waals surface area contributed by atoms with Gasteiger partial charge in [0.25, 0.3) is 0 Å². The number of nitrogens with zero attached hydrogens (tertiary/aromatic N) is 5. The van der Waals surface area contributed by atoms with E-state index in [2.05, 4.69) is 20.3 Å². The van der Waals surface area contributed by atoms with Crippen LogP contribution >= 0.6 is 11.8 Å². The van der Waals surface area contributed by atoms with Crippen LogP contribution < -0.4 is 4.74 Å². The summed E-state index contributed by atoms with van der Waals surface area (Å²) in [6, 6.07) is 11.8. The fourth-order valence-corrected chi connectivity index (χ4v) is 4.12. The quantitative estimate of drug-likeness (QED) is 0.413. The Morgan fingerprint density at radius 2 is 1.97 bits per heavy atom. The minimum Gasteiger partial charge on any atom is -0.492 e. The van der Waals surface area contributed by atoms with Crippen LogP contribution in [0, 0.1) is 13.8 Å². The first kappa shape index (κ1) is 19.2. The number of ether oxygens (including phenoxy) is 1. The van der Waals surface area contributed by atoms with Gasteiger partial charge in [0.2, 0.25) is 0 Å². The predicted molar refractivity (Wildman–Crippen MR) is 111 cm³/mol. The average Bonchev–Trinajstić information content (AvgIpc) is 3.31. The number of rotatable bonds is 7. The molecule has 1 aromatic carbocycles. The third kappa shape index (κ3) is 3.88. The molecule has 4 aromatic rings. The Kier molecular flexibility index (Phi) is 5.62. The predicted octanol–water partition coefficient (Wildman–Crippen LogP) is 4.63. The molecular formula is C21H21N5O2S. The summed E-state index contributed by atoms with van der Waals surface area (Å²) in [5, 5.41) is 13.7. The van der Waals surface area contributed by atoms with Crippen LogP contribution in [0.15, 0.2) is 58.5 Å². The van der Waals surface area contributed by atoms with Crippen molar-refractivity contribution in [3.63, 3.8) is 0 Å². The Labute approximate surface area is 173 Å². The molecule has 0 bridgehead atoms. The van der Waals surface area contributed by atoms with Crippen LogP contribution in [-0.2, 0) is 5.75 Å². The molecule has 29 heavy (non-hydrogen) atoms. The van der Waals surface area contributed by atoms with Crippen molar-refractivity contribution in [3.05, 3.63) is 65.8 Å². The van der Waals surface area contributed by atoms with Crippen molar-refractivity contribution >= 4 is 11.8 Å². The van der Waals surface area contributed by atoms with Crippen LogP contribution in [0.5, 0.6) is 5.75 Å². The molecule has 0 aliphatic rings. The second kappa shape index (κ2) is 8.48. The molecule has 0 spiro atoms. The molecule has 0 saturated heterocycles. The molecule has 4 rings (SSSR count). The minimum absolute atomic E-state index is 0.572. The maximum Gasteiger partial charge on any atom is 0.196 e. The molecule has 3 aromatic heterocycles. The Morgan fingerprint density at radius 3 is 2.69 bits per heavy atom. The van der Waals surface area contributed by atoms with Gasteiger partial charge in [-0.05, 0) is 45.0 Å². The van der Waals surface area contributed by atoms with Crippen LogP contribution in [-0.4, -0.2) is 31.5 Å². The highest BCUT2D eigenvalue weighted by Crippen LogP contribution is 2.34. The van der Waals surface area contributed by atoms with Gasteiger partial charge >= 0.3 is 0 Å². The van der Waals surface area contributed by atoms with Gasteiger partial charge in [-0.1, -0.05) is 29.1 Å². The number of para-hydroxylation sites is 2. The van der Waals surface area contributed by atoms with E-state index in [-0.39, 0.29) is 0 Å². The lowest BCUT2D eigenvalue weighted by Gasteiger charge is -2.14. The highest BCUT2D eigenvalue weighted by molar-refractivity contribution is 7.98. The molecule has 148 valence electrons. The Morgan fingerprint density at radius 1 is 1.10 bits per heavy atom. The van der Waals surface area contributed by atoms with Crippen LogP contribution in [0.3, 0.4) is 0 Å². The van der Waals surface area contributed by atoms with E-state index in [0.29, 0.717) is 18.2 Å². The van der Waals surface area contributed by atoms with Crippen molar-refractivity contribution in [2.24, 2.45) is 0 Å². The second-order valence-electron chi connectivity index (χ2n) is 6.38. The monoisotopic (exact) mass is 407 g/mol. The van der Waals surface area contributed by atoms with Gasteiger partial charge in [0.05, 0.1) is 18.0 Å². The fourth-order valence-electron chi connectivity index (χ4n) is 3.03. The van der Waals surface area contributed by atoms with E-state index in [4.69, 9.17) is 9.26 Å². The van der Waals surface area contributed by atoms with Gasteiger partial charge < -0.3 is 9.26 Å². The Hall–Kier alpha value is -3.13. The third-order valence-corrected chi connectivity index (χ3v) is 5.44. The van der Waals surface area contributed by atoms with Crippen LogP contribution in [0.25, 0.3) is 17.1 Å². The highest BCUT2D eigenvalue weighted by atomic mass is 32.2. The van der Waals surface area contributed by atoms with Gasteiger partial charge in [-0.25, -0.2) is 0 Å². The summed E-state index contributed by atoms with van der Waals surface area (Å²) in [7, 11) is 0. The minimum atomic E-state index is 0.572. The summed E-state index contributed by atoms with van der Waals surface area (Å²) in [4.78, 5) is 4.23. The zero-order valence-corrected chi connectivity index (χ0v) is 17.3. The van der Waals surface area contributed by atoms with Crippen molar-refractivity contribution in [3.8, 4) is 22.8 Å². The summed E-state index contributed by atoms with van der Waals surface area (Å²) < 4.78 is 13.2. The Bertz CT molecular complexity index is 1090. The SMILES string of the molecule is CCOc1ccccc1-n1c(SCc2c(C)noc2C)nnc1-c1cccnc1. The molecule has 0 saturated carbocycles. The van der Waals surface area contributed by atoms with Gasteiger partial charge in [-0.15, -0.1) is 10.2 Å². The highest BCUT2D eigenvalue weighted by Gasteiger charge is 2.20. The molecule has 0 N–H and O–H groups in total. The lowest BCUT2D eigenvalue weighted by molar-refractivity contribution is 0.338. The van der Waals surface area contributed by atoms with E-state index in [1.165, 1.54) is 0 Å². The zero-order valence-electron chi connectivity index (χ0n) is 16.5. The molecule has 0 unspecified atom stereocenters. The van der Waals surface area contributed by atoms with Gasteiger partial charge in [0.15, 0.2) is 11.0 Å². The smallest absolute Gasteiger partial charge is 0.196 e. The van der Waals surface area contributed by atoms with Crippen molar-refractivity contribution < 1.29 is 9.26 Å². The second-order valence-corrected chi connectivity index (χ2v) is 7.32. The number of benzene rings is 1. The van der Waals surface area contributed by atoms with E-state index in [1.54, 1.807) is 24.2 Å². The molecule has 3 heterocycles. The van der Waals surface area contributed by atoms with Crippen LogP contribution in [0.2, 0.25) is 0 Å². The summed E-state index contributed by atoms with van der Waals surface area (Å²) in [5.74, 6) is 3.00. The lowest BCUT2D eigenvalue weighted by atomic mass is 10.2. The molecule has 0 amide bonds. The van der Waals surface area contributed by atoms with Crippen LogP contribution in [0.4, 0.5) is 0 Å². The molecule has 0 radical (unpaired) electrons. The zero-order chi connectivity index (χ0) is 20.2. The lowest BCUT2D eigenvalue weighted by Crippen LogP contribution is -2.04. The maximum absolute atomic E-state index is 5.87. The molecule has 8 heteroatoms. The first-order valence-electron chi connectivity index (χ1n) is 9.31. The number of hydrogen-bond acceptors (Lipinski definition) is 7. The van der Waals surface area contributed by atoms with E-state index in [9.17, 15) is 0 Å². The molecule has 0 fully saturated rings. The largest absolute Gasteiger partial charge is 0.492 e. The van der Waals surface area contributed by atoms with Crippen LogP contribution in [0.1, 0.15) is 23.9 Å². The van der Waals surface area contributed by atoms with Crippen molar-refractivity contribution in [2.75, 3.05) is 6.61 Å². The van der Waals surface area contributed by atoms with Gasteiger partial charge in [-0.2, -0.15) is 0 Å². The maximum atomic E-state index is 5.87. The summed E-state index contributed by atoms with van der Waals surface area (Å²) in [6.07, 6.45) is 3.53. The number of pyridine rings is 1. The van der Waals surface area contributed by atoms with Crippen molar-refractivity contribution in [1.29, 1.82) is 0 Å². The average molecular weight is 407 g/mol. The normalized spacial score (nSPS) is 11.0. The summed E-state index contributed by atoms with van der Waals surface area (Å²) in [5.41, 5.74) is 3.74. The first-order chi connectivity index (χ1) is 14.2.